The number of amides is 1. The Bertz CT molecular complexity index is 875. The van der Waals surface area contributed by atoms with Crippen LogP contribution < -0.4 is 10.2 Å². The molecule has 0 aromatic heterocycles. The van der Waals surface area contributed by atoms with Crippen molar-refractivity contribution in [3.05, 3.63) is 75.8 Å². The molecule has 1 heterocycles. The van der Waals surface area contributed by atoms with Gasteiger partial charge in [0.05, 0.1) is 11.0 Å². The van der Waals surface area contributed by atoms with Gasteiger partial charge in [0, 0.05) is 37.0 Å². The first-order valence-corrected chi connectivity index (χ1v) is 10.0. The van der Waals surface area contributed by atoms with Crippen molar-refractivity contribution in [1.29, 1.82) is 0 Å². The van der Waals surface area contributed by atoms with E-state index in [2.05, 4.69) is 41.4 Å². The number of anilines is 1. The van der Waals surface area contributed by atoms with Crippen LogP contribution in [-0.2, 0) is 4.79 Å². The number of carbonyl (C=O) groups is 1. The molecule has 2 atom stereocenters. The van der Waals surface area contributed by atoms with Gasteiger partial charge in [0.1, 0.15) is 0 Å². The van der Waals surface area contributed by atoms with Gasteiger partial charge in [-0.25, -0.2) is 0 Å². The van der Waals surface area contributed by atoms with Gasteiger partial charge >= 0.3 is 0 Å². The molecule has 1 N–H and O–H groups in total. The number of nitro groups is 1. The maximum atomic E-state index is 12.2. The lowest BCUT2D eigenvalue weighted by Gasteiger charge is -2.33. The van der Waals surface area contributed by atoms with E-state index in [4.69, 9.17) is 0 Å². The number of benzene rings is 2. The molecule has 0 radical (unpaired) electrons. The summed E-state index contributed by atoms with van der Waals surface area (Å²) in [4.78, 5) is 24.9. The standard InChI is InChI=1S/C23H27N3O3/c1-17-4-3-15-25(16-17)21-12-8-20(9-13-21)18(2)24-23(27)14-7-19-5-10-22(11-6-19)26(28)29/h5-14,17-18H,3-4,15-16H2,1-2H3,(H,24,27)/b14-7+. The molecule has 2 aromatic carbocycles. The molecule has 0 spiro atoms. The molecular formula is C23H27N3O3. The second kappa shape index (κ2) is 9.37. The van der Waals surface area contributed by atoms with Crippen LogP contribution in [-0.4, -0.2) is 23.9 Å². The number of hydrogen-bond donors (Lipinski definition) is 1. The largest absolute Gasteiger partial charge is 0.371 e. The highest BCUT2D eigenvalue weighted by molar-refractivity contribution is 5.92. The van der Waals surface area contributed by atoms with E-state index in [1.54, 1.807) is 18.2 Å². The highest BCUT2D eigenvalue weighted by atomic mass is 16.6. The van der Waals surface area contributed by atoms with Gasteiger partial charge in [0.2, 0.25) is 5.91 Å². The number of rotatable bonds is 6. The summed E-state index contributed by atoms with van der Waals surface area (Å²) < 4.78 is 0. The van der Waals surface area contributed by atoms with E-state index in [0.29, 0.717) is 0 Å². The van der Waals surface area contributed by atoms with E-state index >= 15 is 0 Å². The molecule has 29 heavy (non-hydrogen) atoms. The van der Waals surface area contributed by atoms with Gasteiger partial charge < -0.3 is 10.2 Å². The molecule has 6 nitrogen and oxygen atoms in total. The first-order chi connectivity index (χ1) is 13.9. The summed E-state index contributed by atoms with van der Waals surface area (Å²) in [7, 11) is 0. The molecule has 0 saturated carbocycles. The van der Waals surface area contributed by atoms with E-state index in [1.165, 1.54) is 36.7 Å². The summed E-state index contributed by atoms with van der Waals surface area (Å²) >= 11 is 0. The van der Waals surface area contributed by atoms with Crippen molar-refractivity contribution in [2.45, 2.75) is 32.7 Å². The lowest BCUT2D eigenvalue weighted by Crippen LogP contribution is -2.34. The third-order valence-electron chi connectivity index (χ3n) is 5.31. The zero-order valence-corrected chi connectivity index (χ0v) is 16.9. The van der Waals surface area contributed by atoms with Gasteiger partial charge in [0.25, 0.3) is 5.69 Å². The molecule has 6 heteroatoms. The van der Waals surface area contributed by atoms with Crippen LogP contribution in [0.15, 0.2) is 54.6 Å². The van der Waals surface area contributed by atoms with E-state index in [9.17, 15) is 14.9 Å². The predicted molar refractivity (Wildman–Crippen MR) is 116 cm³/mol. The zero-order chi connectivity index (χ0) is 20.8. The van der Waals surface area contributed by atoms with E-state index in [0.717, 1.165) is 30.1 Å². The van der Waals surface area contributed by atoms with Gasteiger partial charge in [0.15, 0.2) is 0 Å². The molecule has 1 aliphatic rings. The van der Waals surface area contributed by atoms with Crippen molar-refractivity contribution in [2.75, 3.05) is 18.0 Å². The Morgan fingerprint density at radius 3 is 2.52 bits per heavy atom. The van der Waals surface area contributed by atoms with Gasteiger partial charge in [-0.2, -0.15) is 0 Å². The number of carbonyl (C=O) groups excluding carboxylic acids is 1. The van der Waals surface area contributed by atoms with Crippen molar-refractivity contribution in [2.24, 2.45) is 5.92 Å². The highest BCUT2D eigenvalue weighted by Gasteiger charge is 2.17. The maximum absolute atomic E-state index is 12.2. The molecule has 1 fully saturated rings. The maximum Gasteiger partial charge on any atom is 0.269 e. The van der Waals surface area contributed by atoms with E-state index in [1.807, 2.05) is 6.92 Å². The number of nitrogens with zero attached hydrogens (tertiary/aromatic N) is 2. The van der Waals surface area contributed by atoms with Crippen molar-refractivity contribution < 1.29 is 9.72 Å². The van der Waals surface area contributed by atoms with Crippen molar-refractivity contribution >= 4 is 23.4 Å². The van der Waals surface area contributed by atoms with Gasteiger partial charge in [-0.1, -0.05) is 19.1 Å². The zero-order valence-electron chi connectivity index (χ0n) is 16.9. The molecule has 1 aliphatic heterocycles. The Kier molecular flexibility index (Phi) is 6.65. The number of nitrogens with one attached hydrogen (secondary N) is 1. The lowest BCUT2D eigenvalue weighted by molar-refractivity contribution is -0.384. The topological polar surface area (TPSA) is 75.5 Å². The summed E-state index contributed by atoms with van der Waals surface area (Å²) in [5.74, 6) is 0.522. The summed E-state index contributed by atoms with van der Waals surface area (Å²) in [6.45, 7) is 6.44. The van der Waals surface area contributed by atoms with Crippen molar-refractivity contribution in [3.8, 4) is 0 Å². The summed E-state index contributed by atoms with van der Waals surface area (Å²) in [5.41, 5.74) is 3.05. The Balaban J connectivity index is 1.55. The Morgan fingerprint density at radius 2 is 1.90 bits per heavy atom. The van der Waals surface area contributed by atoms with Gasteiger partial charge in [-0.3, -0.25) is 14.9 Å². The van der Waals surface area contributed by atoms with Gasteiger partial charge in [-0.15, -0.1) is 0 Å². The quantitative estimate of drug-likeness (QED) is 0.438. The molecule has 2 unspecified atom stereocenters. The molecule has 2 aromatic rings. The number of piperidine rings is 1. The predicted octanol–water partition coefficient (Wildman–Crippen LogP) is 4.72. The molecule has 152 valence electrons. The minimum absolute atomic E-state index is 0.0303. The molecule has 1 amide bonds. The van der Waals surface area contributed by atoms with Crippen molar-refractivity contribution in [1.82, 2.24) is 5.32 Å². The van der Waals surface area contributed by atoms with Crippen LogP contribution in [0, 0.1) is 16.0 Å². The number of hydrogen-bond acceptors (Lipinski definition) is 4. The Labute approximate surface area is 171 Å². The minimum atomic E-state index is -0.445. The fourth-order valence-electron chi connectivity index (χ4n) is 3.62. The molecule has 3 rings (SSSR count). The van der Waals surface area contributed by atoms with Crippen LogP contribution in [0.5, 0.6) is 0 Å². The number of non-ortho nitro benzene ring substituents is 1. The molecular weight excluding hydrogens is 366 g/mol. The second-order valence-electron chi connectivity index (χ2n) is 7.70. The highest BCUT2D eigenvalue weighted by Crippen LogP contribution is 2.24. The fraction of sp³-hybridized carbons (Fsp3) is 0.348. The Hall–Kier alpha value is -3.15. The third kappa shape index (κ3) is 5.67. The van der Waals surface area contributed by atoms with Crippen LogP contribution in [0.25, 0.3) is 6.08 Å². The SMILES string of the molecule is CC1CCCN(c2ccc(C(C)NC(=O)/C=C/c3ccc([N+](=O)[O-])cc3)cc2)C1. The monoisotopic (exact) mass is 393 g/mol. The van der Waals surface area contributed by atoms with E-state index < -0.39 is 4.92 Å². The third-order valence-corrected chi connectivity index (χ3v) is 5.31. The van der Waals surface area contributed by atoms with Gasteiger partial charge in [-0.05, 0) is 67.2 Å². The normalized spacial score (nSPS) is 17.9. The van der Waals surface area contributed by atoms with Crippen molar-refractivity contribution in [3.63, 3.8) is 0 Å². The van der Waals surface area contributed by atoms with Crippen LogP contribution >= 0.6 is 0 Å². The van der Waals surface area contributed by atoms with Crippen LogP contribution in [0.3, 0.4) is 0 Å². The number of nitro benzene ring substituents is 1. The minimum Gasteiger partial charge on any atom is -0.371 e. The average Bonchev–Trinajstić information content (AvgIpc) is 2.72. The summed E-state index contributed by atoms with van der Waals surface area (Å²) in [5, 5.41) is 13.6. The molecule has 0 bridgehead atoms. The van der Waals surface area contributed by atoms with Crippen LogP contribution in [0.4, 0.5) is 11.4 Å². The second-order valence-corrected chi connectivity index (χ2v) is 7.70. The lowest BCUT2D eigenvalue weighted by atomic mass is 9.99. The van der Waals surface area contributed by atoms with Crippen LogP contribution in [0.2, 0.25) is 0 Å². The van der Waals surface area contributed by atoms with Crippen LogP contribution in [0.1, 0.15) is 43.9 Å². The molecule has 0 aliphatic carbocycles. The Morgan fingerprint density at radius 1 is 1.21 bits per heavy atom. The first kappa shape index (κ1) is 20.6. The average molecular weight is 393 g/mol. The fourth-order valence-corrected chi connectivity index (χ4v) is 3.62. The first-order valence-electron chi connectivity index (χ1n) is 10.0. The molecule has 1 saturated heterocycles. The van der Waals surface area contributed by atoms with E-state index in [-0.39, 0.29) is 17.6 Å². The summed E-state index contributed by atoms with van der Waals surface area (Å²) in [6, 6.07) is 14.4. The smallest absolute Gasteiger partial charge is 0.269 e. The summed E-state index contributed by atoms with van der Waals surface area (Å²) in [6.07, 6.45) is 5.62.